The van der Waals surface area contributed by atoms with Gasteiger partial charge in [0.05, 0.1) is 0 Å². The molecule has 6 heteroatoms. The zero-order valence-electron chi connectivity index (χ0n) is 28.5. The van der Waals surface area contributed by atoms with Crippen LogP contribution in [0, 0.1) is 17.8 Å². The summed E-state index contributed by atoms with van der Waals surface area (Å²) < 4.78 is 16.5. The highest BCUT2D eigenvalue weighted by molar-refractivity contribution is 5.71. The van der Waals surface area contributed by atoms with Crippen LogP contribution >= 0.6 is 0 Å². The molecule has 0 rings (SSSR count). The second kappa shape index (κ2) is 28.2. The molecule has 42 heavy (non-hydrogen) atoms. The Balaban J connectivity index is 4.40. The molecule has 0 fully saturated rings. The second-order valence-electron chi connectivity index (χ2n) is 13.6. The van der Waals surface area contributed by atoms with Crippen LogP contribution in [-0.4, -0.2) is 37.2 Å². The van der Waals surface area contributed by atoms with Crippen LogP contribution < -0.4 is 0 Å². The average Bonchev–Trinajstić information content (AvgIpc) is 2.92. The Morgan fingerprint density at radius 2 is 0.690 bits per heavy atom. The molecule has 0 amide bonds. The highest BCUT2D eigenvalue weighted by Gasteiger charge is 2.19. The number of hydrogen-bond donors (Lipinski definition) is 0. The van der Waals surface area contributed by atoms with Gasteiger partial charge in [-0.1, -0.05) is 138 Å². The van der Waals surface area contributed by atoms with E-state index >= 15 is 0 Å². The Hall–Kier alpha value is -1.59. The van der Waals surface area contributed by atoms with Gasteiger partial charge in [-0.05, 0) is 37.0 Å². The molecule has 0 saturated carbocycles. The van der Waals surface area contributed by atoms with Crippen molar-refractivity contribution in [2.45, 2.75) is 182 Å². The molecule has 0 unspecified atom stereocenters. The number of esters is 3. The lowest BCUT2D eigenvalue weighted by molar-refractivity contribution is -0.167. The minimum atomic E-state index is -0.761. The van der Waals surface area contributed by atoms with E-state index < -0.39 is 6.10 Å². The molecule has 0 aliphatic carbocycles. The van der Waals surface area contributed by atoms with E-state index in [-0.39, 0.29) is 31.1 Å². The highest BCUT2D eigenvalue weighted by atomic mass is 16.6. The van der Waals surface area contributed by atoms with Crippen LogP contribution in [0.25, 0.3) is 0 Å². The molecule has 0 atom stereocenters. The molecular weight excluding hydrogens is 528 g/mol. The summed E-state index contributed by atoms with van der Waals surface area (Å²) in [6, 6.07) is 0. The predicted molar refractivity (Wildman–Crippen MR) is 173 cm³/mol. The van der Waals surface area contributed by atoms with E-state index in [1.54, 1.807) is 0 Å². The van der Waals surface area contributed by atoms with Crippen molar-refractivity contribution < 1.29 is 28.6 Å². The van der Waals surface area contributed by atoms with E-state index in [0.717, 1.165) is 75.5 Å². The molecule has 0 aromatic carbocycles. The number of hydrogen-bond acceptors (Lipinski definition) is 6. The third kappa shape index (κ3) is 29.9. The van der Waals surface area contributed by atoms with Crippen LogP contribution in [0.15, 0.2) is 0 Å². The summed E-state index contributed by atoms with van der Waals surface area (Å²) in [5, 5.41) is 0. The fourth-order valence-corrected chi connectivity index (χ4v) is 4.93. The molecule has 0 aliphatic heterocycles. The summed E-state index contributed by atoms with van der Waals surface area (Å²) in [6.45, 7) is 13.3. The molecule has 248 valence electrons. The second-order valence-corrected chi connectivity index (χ2v) is 13.6. The van der Waals surface area contributed by atoms with Gasteiger partial charge >= 0.3 is 17.9 Å². The van der Waals surface area contributed by atoms with Gasteiger partial charge in [0.15, 0.2) is 6.10 Å². The predicted octanol–water partition coefficient (Wildman–Crippen LogP) is 10.1. The largest absolute Gasteiger partial charge is 0.462 e. The normalized spacial score (nSPS) is 11.6. The van der Waals surface area contributed by atoms with Crippen LogP contribution in [-0.2, 0) is 28.6 Å². The standard InChI is InChI=1S/C36H68O6/c1-30(2)22-16-10-7-13-19-25-34(37)40-28-33(42-36(39)27-21-15-9-12-18-24-32(5)6)29-41-35(38)26-20-14-8-11-17-23-31(3)4/h30-33H,7-29H2,1-6H3. The van der Waals surface area contributed by atoms with Crippen LogP contribution in [0.2, 0.25) is 0 Å². The highest BCUT2D eigenvalue weighted by Crippen LogP contribution is 2.14. The van der Waals surface area contributed by atoms with Gasteiger partial charge in [0, 0.05) is 19.3 Å². The van der Waals surface area contributed by atoms with Gasteiger partial charge in [-0.15, -0.1) is 0 Å². The number of carbonyl (C=O) groups is 3. The summed E-state index contributed by atoms with van der Waals surface area (Å²) in [5.74, 6) is 1.32. The summed E-state index contributed by atoms with van der Waals surface area (Å²) in [7, 11) is 0. The smallest absolute Gasteiger partial charge is 0.306 e. The third-order valence-electron chi connectivity index (χ3n) is 7.65. The Labute approximate surface area is 259 Å². The van der Waals surface area contributed by atoms with Gasteiger partial charge in [-0.25, -0.2) is 0 Å². The molecule has 0 saturated heterocycles. The zero-order chi connectivity index (χ0) is 31.4. The first-order chi connectivity index (χ1) is 20.1. The third-order valence-corrected chi connectivity index (χ3v) is 7.65. The Bertz CT molecular complexity index is 619. The number of carbonyl (C=O) groups excluding carboxylic acids is 3. The molecule has 0 spiro atoms. The van der Waals surface area contributed by atoms with E-state index in [9.17, 15) is 14.4 Å². The number of ether oxygens (including phenoxy) is 3. The monoisotopic (exact) mass is 597 g/mol. The molecule has 6 nitrogen and oxygen atoms in total. The molecule has 0 heterocycles. The maximum absolute atomic E-state index is 12.5. The van der Waals surface area contributed by atoms with Crippen molar-refractivity contribution in [2.24, 2.45) is 17.8 Å². The first-order valence-electron chi connectivity index (χ1n) is 17.6. The zero-order valence-corrected chi connectivity index (χ0v) is 28.5. The summed E-state index contributed by atoms with van der Waals surface area (Å²) >= 11 is 0. The van der Waals surface area contributed by atoms with Crippen molar-refractivity contribution in [3.05, 3.63) is 0 Å². The van der Waals surface area contributed by atoms with Gasteiger partial charge in [0.2, 0.25) is 0 Å². The van der Waals surface area contributed by atoms with Crippen LogP contribution in [0.4, 0.5) is 0 Å². The van der Waals surface area contributed by atoms with Gasteiger partial charge in [-0.2, -0.15) is 0 Å². The maximum atomic E-state index is 12.5. The topological polar surface area (TPSA) is 78.9 Å². The molecule has 0 radical (unpaired) electrons. The number of unbranched alkanes of at least 4 members (excludes halogenated alkanes) is 12. The van der Waals surface area contributed by atoms with E-state index in [1.807, 2.05) is 0 Å². The Kier molecular flexibility index (Phi) is 27.1. The lowest BCUT2D eigenvalue weighted by Gasteiger charge is -2.18. The van der Waals surface area contributed by atoms with Crippen LogP contribution in [0.3, 0.4) is 0 Å². The lowest BCUT2D eigenvalue weighted by atomic mass is 10.0. The lowest BCUT2D eigenvalue weighted by Crippen LogP contribution is -2.30. The van der Waals surface area contributed by atoms with Crippen molar-refractivity contribution in [1.29, 1.82) is 0 Å². The van der Waals surface area contributed by atoms with E-state index in [4.69, 9.17) is 14.2 Å². The van der Waals surface area contributed by atoms with Gasteiger partial charge in [-0.3, -0.25) is 14.4 Å². The van der Waals surface area contributed by atoms with E-state index in [0.29, 0.717) is 19.3 Å². The van der Waals surface area contributed by atoms with Gasteiger partial charge in [0.1, 0.15) is 13.2 Å². The molecule has 0 aromatic rings. The Morgan fingerprint density at radius 3 is 1.02 bits per heavy atom. The molecular formula is C36H68O6. The van der Waals surface area contributed by atoms with Crippen molar-refractivity contribution >= 4 is 17.9 Å². The fraction of sp³-hybridized carbons (Fsp3) is 0.917. The van der Waals surface area contributed by atoms with Crippen LogP contribution in [0.5, 0.6) is 0 Å². The summed E-state index contributed by atoms with van der Waals surface area (Å²) in [4.78, 5) is 37.1. The van der Waals surface area contributed by atoms with Crippen LogP contribution in [0.1, 0.15) is 176 Å². The minimum Gasteiger partial charge on any atom is -0.462 e. The molecule has 0 aliphatic rings. The molecule has 0 aromatic heterocycles. The van der Waals surface area contributed by atoms with E-state index in [2.05, 4.69) is 41.5 Å². The van der Waals surface area contributed by atoms with Gasteiger partial charge < -0.3 is 14.2 Å². The van der Waals surface area contributed by atoms with E-state index in [1.165, 1.54) is 57.8 Å². The first-order valence-corrected chi connectivity index (χ1v) is 17.6. The quantitative estimate of drug-likeness (QED) is 0.0485. The SMILES string of the molecule is CC(C)CCCCCCCC(=O)OCC(COC(=O)CCCCCCCC(C)C)OC(=O)CCCCCCCC(C)C. The minimum absolute atomic E-state index is 0.0721. The van der Waals surface area contributed by atoms with Crippen molar-refractivity contribution in [3.63, 3.8) is 0 Å². The number of rotatable bonds is 29. The maximum Gasteiger partial charge on any atom is 0.306 e. The molecule has 0 N–H and O–H groups in total. The van der Waals surface area contributed by atoms with Crippen molar-refractivity contribution in [2.75, 3.05) is 13.2 Å². The summed E-state index contributed by atoms with van der Waals surface area (Å²) in [6.07, 6.45) is 20.1. The van der Waals surface area contributed by atoms with Crippen molar-refractivity contribution in [1.82, 2.24) is 0 Å². The first kappa shape index (κ1) is 40.4. The average molecular weight is 597 g/mol. The van der Waals surface area contributed by atoms with Gasteiger partial charge in [0.25, 0.3) is 0 Å². The Morgan fingerprint density at radius 1 is 0.405 bits per heavy atom. The molecule has 0 bridgehead atoms. The fourth-order valence-electron chi connectivity index (χ4n) is 4.93. The summed E-state index contributed by atoms with van der Waals surface area (Å²) in [5.41, 5.74) is 0. The van der Waals surface area contributed by atoms with Crippen molar-refractivity contribution in [3.8, 4) is 0 Å².